The average molecular weight is 403 g/mol. The Morgan fingerprint density at radius 3 is 2.77 bits per heavy atom. The number of carbonyl (C=O) groups excluding carboxylic acids is 1. The van der Waals surface area contributed by atoms with E-state index in [0.717, 1.165) is 58.5 Å². The van der Waals surface area contributed by atoms with Crippen LogP contribution in [0, 0.1) is 0 Å². The molecule has 1 aliphatic heterocycles. The molecule has 1 aromatic heterocycles. The number of nitrogens with two attached hydrogens (primary N) is 1. The van der Waals surface area contributed by atoms with Gasteiger partial charge < -0.3 is 11.2 Å². The Morgan fingerprint density at radius 2 is 2.03 bits per heavy atom. The Kier molecular flexibility index (Phi) is 4.27. The van der Waals surface area contributed by atoms with Crippen molar-refractivity contribution < 1.29 is 4.79 Å². The van der Waals surface area contributed by atoms with Crippen molar-refractivity contribution in [2.45, 2.75) is 18.3 Å². The highest BCUT2D eigenvalue weighted by Crippen LogP contribution is 2.48. The van der Waals surface area contributed by atoms with E-state index in [2.05, 4.69) is 38.2 Å². The second-order valence-electron chi connectivity index (χ2n) is 8.33. The van der Waals surface area contributed by atoms with Crippen molar-refractivity contribution in [1.82, 2.24) is 31.1 Å². The van der Waals surface area contributed by atoms with Crippen LogP contribution in [0.5, 0.6) is 0 Å². The van der Waals surface area contributed by atoms with Crippen LogP contribution in [-0.2, 0) is 10.2 Å². The number of fused-ring (bicyclic) bond motifs is 1. The molecular weight excluding hydrogens is 378 g/mol. The molecule has 8 nitrogen and oxygen atoms in total. The summed E-state index contributed by atoms with van der Waals surface area (Å²) in [4.78, 5) is 14.0. The number of carbonyl (C=O) groups is 1. The number of nitrogens with zero attached hydrogens (tertiary/aromatic N) is 3. The van der Waals surface area contributed by atoms with Gasteiger partial charge in [0.1, 0.15) is 0 Å². The van der Waals surface area contributed by atoms with Crippen LogP contribution in [0.2, 0.25) is 0 Å². The summed E-state index contributed by atoms with van der Waals surface area (Å²) in [5.74, 6) is -0.247. The van der Waals surface area contributed by atoms with E-state index in [1.807, 2.05) is 55.6 Å². The van der Waals surface area contributed by atoms with Crippen molar-refractivity contribution in [3.05, 3.63) is 59.8 Å². The molecule has 0 spiro atoms. The molecule has 0 atom stereocenters. The van der Waals surface area contributed by atoms with Crippen LogP contribution in [0.4, 0.5) is 0 Å². The first-order chi connectivity index (χ1) is 14.5. The highest BCUT2D eigenvalue weighted by atomic mass is 16.1. The predicted octanol–water partition coefficient (Wildman–Crippen LogP) is 1.89. The number of primary amides is 1. The number of aromatic nitrogens is 2. The number of hydrogen-bond acceptors (Lipinski definition) is 6. The lowest BCUT2D eigenvalue weighted by molar-refractivity contribution is -0.120. The van der Waals surface area contributed by atoms with Crippen molar-refractivity contribution in [2.75, 3.05) is 20.8 Å². The Morgan fingerprint density at radius 1 is 1.20 bits per heavy atom. The average Bonchev–Trinajstić information content (AvgIpc) is 3.25. The van der Waals surface area contributed by atoms with Gasteiger partial charge in [-0.05, 0) is 50.7 Å². The minimum Gasteiger partial charge on any atom is -0.369 e. The van der Waals surface area contributed by atoms with Crippen molar-refractivity contribution in [3.63, 3.8) is 0 Å². The van der Waals surface area contributed by atoms with Gasteiger partial charge in [0, 0.05) is 22.7 Å². The van der Waals surface area contributed by atoms with Gasteiger partial charge >= 0.3 is 0 Å². The van der Waals surface area contributed by atoms with E-state index in [-0.39, 0.29) is 5.91 Å². The number of hydrogen-bond donors (Lipinski definition) is 4. The molecule has 5 rings (SSSR count). The number of nitrogens with one attached hydrogen (secondary N) is 3. The van der Waals surface area contributed by atoms with Crippen LogP contribution in [-0.4, -0.2) is 46.8 Å². The second kappa shape index (κ2) is 6.86. The monoisotopic (exact) mass is 403 g/mol. The fourth-order valence-electron chi connectivity index (χ4n) is 4.05. The molecule has 1 aliphatic carbocycles. The minimum atomic E-state index is -0.507. The van der Waals surface area contributed by atoms with Gasteiger partial charge in [-0.1, -0.05) is 24.3 Å². The highest BCUT2D eigenvalue weighted by Gasteiger charge is 2.50. The summed E-state index contributed by atoms with van der Waals surface area (Å²) in [6.07, 6.45) is 3.67. The maximum absolute atomic E-state index is 12.0. The molecule has 0 unspecified atom stereocenters. The summed E-state index contributed by atoms with van der Waals surface area (Å²) in [7, 11) is 4.05. The van der Waals surface area contributed by atoms with Crippen LogP contribution in [0.1, 0.15) is 24.0 Å². The van der Waals surface area contributed by atoms with Crippen molar-refractivity contribution in [3.8, 4) is 11.3 Å². The summed E-state index contributed by atoms with van der Waals surface area (Å²) in [5, 5.41) is 10.7. The first-order valence-electron chi connectivity index (χ1n) is 10.0. The zero-order chi connectivity index (χ0) is 20.9. The third kappa shape index (κ3) is 3.10. The maximum Gasteiger partial charge on any atom is 0.228 e. The third-order valence-electron chi connectivity index (χ3n) is 5.84. The van der Waals surface area contributed by atoms with Gasteiger partial charge in [-0.25, -0.2) is 0 Å². The molecule has 2 aromatic carbocycles. The molecule has 5 N–H and O–H groups in total. The molecule has 3 aromatic rings. The van der Waals surface area contributed by atoms with Gasteiger partial charge in [0.2, 0.25) is 5.91 Å². The summed E-state index contributed by atoms with van der Waals surface area (Å²) < 4.78 is 0. The van der Waals surface area contributed by atoms with Gasteiger partial charge in [0.25, 0.3) is 0 Å². The molecule has 2 aliphatic rings. The fraction of sp³-hybridized carbons (Fsp3) is 0.273. The lowest BCUT2D eigenvalue weighted by Gasteiger charge is -2.19. The molecule has 0 radical (unpaired) electrons. The van der Waals surface area contributed by atoms with Gasteiger partial charge in [-0.2, -0.15) is 5.10 Å². The van der Waals surface area contributed by atoms with Crippen LogP contribution in [0.15, 0.2) is 48.7 Å². The van der Waals surface area contributed by atoms with Crippen LogP contribution >= 0.6 is 0 Å². The highest BCUT2D eigenvalue weighted by molar-refractivity contribution is 5.96. The number of amides is 1. The SMILES string of the molecule is CN(C)CN1C=C(c2ccc3[nH]nc(-c4cccc(C5(C(N)=O)CC5)c4)c3c2)NN1. The van der Waals surface area contributed by atoms with E-state index >= 15 is 0 Å². The molecule has 8 heteroatoms. The molecular formula is C22H25N7O. The number of benzene rings is 2. The smallest absolute Gasteiger partial charge is 0.228 e. The number of aromatic amines is 1. The van der Waals surface area contributed by atoms with Crippen molar-refractivity contribution in [1.29, 1.82) is 0 Å². The van der Waals surface area contributed by atoms with Crippen LogP contribution in [0.3, 0.4) is 0 Å². The van der Waals surface area contributed by atoms with Gasteiger partial charge in [-0.15, -0.1) is 5.53 Å². The molecule has 0 saturated heterocycles. The zero-order valence-corrected chi connectivity index (χ0v) is 17.1. The topological polar surface area (TPSA) is 102 Å². The summed E-state index contributed by atoms with van der Waals surface area (Å²) in [6, 6.07) is 14.3. The van der Waals surface area contributed by atoms with E-state index in [4.69, 9.17) is 5.73 Å². The Balaban J connectivity index is 1.51. The Hall–Kier alpha value is -3.36. The predicted molar refractivity (Wildman–Crippen MR) is 116 cm³/mol. The van der Waals surface area contributed by atoms with Crippen molar-refractivity contribution >= 4 is 22.5 Å². The summed E-state index contributed by atoms with van der Waals surface area (Å²) in [6.45, 7) is 0.754. The van der Waals surface area contributed by atoms with Crippen molar-refractivity contribution in [2.24, 2.45) is 5.73 Å². The van der Waals surface area contributed by atoms with Gasteiger partial charge in [-0.3, -0.25) is 19.8 Å². The molecule has 2 heterocycles. The largest absolute Gasteiger partial charge is 0.369 e. The van der Waals surface area contributed by atoms with E-state index < -0.39 is 5.41 Å². The quantitative estimate of drug-likeness (QED) is 0.501. The maximum atomic E-state index is 12.0. The molecule has 154 valence electrons. The lowest BCUT2D eigenvalue weighted by Crippen LogP contribution is -2.41. The van der Waals surface area contributed by atoms with Crippen LogP contribution < -0.4 is 16.7 Å². The first-order valence-corrected chi connectivity index (χ1v) is 10.0. The summed E-state index contributed by atoms with van der Waals surface area (Å²) >= 11 is 0. The second-order valence-corrected chi connectivity index (χ2v) is 8.33. The molecule has 1 saturated carbocycles. The van der Waals surface area contributed by atoms with E-state index in [0.29, 0.717) is 0 Å². The zero-order valence-electron chi connectivity index (χ0n) is 17.1. The van der Waals surface area contributed by atoms with E-state index in [9.17, 15) is 4.79 Å². The molecule has 1 fully saturated rings. The number of H-pyrrole nitrogens is 1. The normalized spacial score (nSPS) is 17.3. The minimum absolute atomic E-state index is 0.247. The third-order valence-corrected chi connectivity index (χ3v) is 5.84. The first kappa shape index (κ1) is 18.7. The summed E-state index contributed by atoms with van der Waals surface area (Å²) in [5.41, 5.74) is 17.4. The standard InChI is InChI=1S/C22H25N7O/c1-28(2)13-29-12-19(25-27-29)14-6-7-18-17(11-14)20(26-24-18)15-4-3-5-16(10-15)22(8-9-22)21(23)30/h3-7,10-12,25,27H,8-9,13H2,1-2H3,(H2,23,30)(H,24,26). The molecule has 30 heavy (non-hydrogen) atoms. The molecule has 0 bridgehead atoms. The number of hydrazine groups is 2. The molecule has 1 amide bonds. The van der Waals surface area contributed by atoms with Gasteiger partial charge in [0.05, 0.1) is 29.0 Å². The Labute approximate surface area is 174 Å². The Bertz CT molecular complexity index is 1160. The fourth-order valence-corrected chi connectivity index (χ4v) is 4.05. The number of rotatable bonds is 6. The van der Waals surface area contributed by atoms with E-state index in [1.165, 1.54) is 0 Å². The van der Waals surface area contributed by atoms with Gasteiger partial charge in [0.15, 0.2) is 0 Å². The lowest BCUT2D eigenvalue weighted by atomic mass is 9.92. The van der Waals surface area contributed by atoms with Crippen LogP contribution in [0.25, 0.3) is 27.9 Å². The van der Waals surface area contributed by atoms with E-state index in [1.54, 1.807) is 0 Å².